The lowest BCUT2D eigenvalue weighted by molar-refractivity contribution is 0.605. The molecule has 0 fully saturated rings. The molecule has 27 heavy (non-hydrogen) atoms. The van der Waals surface area contributed by atoms with Crippen LogP contribution in [0.1, 0.15) is 81.8 Å². The van der Waals surface area contributed by atoms with Gasteiger partial charge in [0.1, 0.15) is 0 Å². The summed E-state index contributed by atoms with van der Waals surface area (Å²) in [5.41, 5.74) is 3.04. The summed E-state index contributed by atoms with van der Waals surface area (Å²) in [6.45, 7) is 2.28. The van der Waals surface area contributed by atoms with Crippen molar-refractivity contribution < 1.29 is 0 Å². The zero-order chi connectivity index (χ0) is 18.7. The number of aryl methyl sites for hydroxylation is 1. The molecule has 1 aliphatic rings. The van der Waals surface area contributed by atoms with E-state index in [2.05, 4.69) is 67.6 Å². The van der Waals surface area contributed by atoms with E-state index < -0.39 is 0 Å². The van der Waals surface area contributed by atoms with Crippen LogP contribution < -0.4 is 0 Å². The predicted molar refractivity (Wildman–Crippen MR) is 120 cm³/mol. The fraction of sp³-hybridized carbons (Fsp3) is 0.462. The Balaban J connectivity index is 1.43. The standard InChI is InChI=1S/C26H34S/c1-2-3-4-5-6-8-11-22-14-16-23(17-15-22)24-18-20-26(21-19-24)27-25-12-9-7-10-13-25/h7,9-10,12-17,20,24H,2-6,8,11,18-19,21H2,1H3. The molecule has 0 aliphatic heterocycles. The van der Waals surface area contributed by atoms with Crippen LogP contribution in [0, 0.1) is 0 Å². The van der Waals surface area contributed by atoms with Gasteiger partial charge in [0, 0.05) is 4.90 Å². The van der Waals surface area contributed by atoms with Crippen molar-refractivity contribution in [1.29, 1.82) is 0 Å². The normalized spacial score (nSPS) is 16.9. The van der Waals surface area contributed by atoms with Gasteiger partial charge in [-0.2, -0.15) is 0 Å². The first kappa shape index (κ1) is 20.3. The van der Waals surface area contributed by atoms with E-state index in [0.717, 1.165) is 0 Å². The molecule has 0 spiro atoms. The number of unbranched alkanes of at least 4 members (excludes halogenated alkanes) is 5. The third kappa shape index (κ3) is 6.88. The zero-order valence-corrected chi connectivity index (χ0v) is 17.6. The van der Waals surface area contributed by atoms with Crippen LogP contribution in [0.4, 0.5) is 0 Å². The minimum atomic E-state index is 0.702. The lowest BCUT2D eigenvalue weighted by atomic mass is 9.87. The highest BCUT2D eigenvalue weighted by Crippen LogP contribution is 2.39. The van der Waals surface area contributed by atoms with Crippen LogP contribution in [-0.2, 0) is 6.42 Å². The third-order valence-corrected chi connectivity index (χ3v) is 6.77. The maximum atomic E-state index is 2.47. The fourth-order valence-corrected chi connectivity index (χ4v) is 4.91. The maximum absolute atomic E-state index is 2.47. The first-order valence-corrected chi connectivity index (χ1v) is 11.7. The molecule has 144 valence electrons. The van der Waals surface area contributed by atoms with Crippen LogP contribution >= 0.6 is 11.8 Å². The Morgan fingerprint density at radius 3 is 2.30 bits per heavy atom. The highest BCUT2D eigenvalue weighted by atomic mass is 32.2. The molecule has 0 N–H and O–H groups in total. The average Bonchev–Trinajstić information content (AvgIpc) is 2.72. The second kappa shape index (κ2) is 11.4. The minimum absolute atomic E-state index is 0.702. The quantitative estimate of drug-likeness (QED) is 0.373. The molecule has 1 atom stereocenters. The molecular formula is C26H34S. The van der Waals surface area contributed by atoms with Crippen LogP contribution in [0.15, 0.2) is 70.5 Å². The highest BCUT2D eigenvalue weighted by molar-refractivity contribution is 8.03. The average molecular weight is 379 g/mol. The molecule has 0 amide bonds. The largest absolute Gasteiger partial charge is 0.0949 e. The molecule has 1 heteroatoms. The van der Waals surface area contributed by atoms with Gasteiger partial charge in [0.2, 0.25) is 0 Å². The second-order valence-corrected chi connectivity index (χ2v) is 9.02. The Labute approximate surface area is 170 Å². The number of allylic oxidation sites excluding steroid dienone is 2. The summed E-state index contributed by atoms with van der Waals surface area (Å²) in [4.78, 5) is 2.90. The fourth-order valence-electron chi connectivity index (χ4n) is 3.91. The molecule has 1 aliphatic carbocycles. The summed E-state index contributed by atoms with van der Waals surface area (Å²) >= 11 is 1.94. The molecule has 2 aromatic carbocycles. The summed E-state index contributed by atoms with van der Waals surface area (Å²) in [7, 11) is 0. The number of benzene rings is 2. The minimum Gasteiger partial charge on any atom is -0.0949 e. The van der Waals surface area contributed by atoms with Gasteiger partial charge in [0.25, 0.3) is 0 Å². The molecule has 0 heterocycles. The van der Waals surface area contributed by atoms with E-state index in [-0.39, 0.29) is 0 Å². The van der Waals surface area contributed by atoms with Gasteiger partial charge in [-0.05, 0) is 66.2 Å². The van der Waals surface area contributed by atoms with E-state index in [4.69, 9.17) is 0 Å². The van der Waals surface area contributed by atoms with Gasteiger partial charge < -0.3 is 0 Å². The molecule has 0 saturated heterocycles. The first-order valence-electron chi connectivity index (χ1n) is 10.9. The molecular weight excluding hydrogens is 344 g/mol. The monoisotopic (exact) mass is 378 g/mol. The Morgan fingerprint density at radius 2 is 1.59 bits per heavy atom. The van der Waals surface area contributed by atoms with Crippen molar-refractivity contribution in [1.82, 2.24) is 0 Å². The van der Waals surface area contributed by atoms with Crippen LogP contribution in [-0.4, -0.2) is 0 Å². The number of thioether (sulfide) groups is 1. The van der Waals surface area contributed by atoms with Crippen LogP contribution in [0.25, 0.3) is 0 Å². The molecule has 2 aromatic rings. The second-order valence-electron chi connectivity index (χ2n) is 7.82. The maximum Gasteiger partial charge on any atom is 0.0118 e. The molecule has 0 nitrogen and oxygen atoms in total. The first-order chi connectivity index (χ1) is 13.3. The van der Waals surface area contributed by atoms with Gasteiger partial charge in [-0.3, -0.25) is 0 Å². The Kier molecular flexibility index (Phi) is 8.55. The summed E-state index contributed by atoms with van der Waals surface area (Å²) in [5.74, 6) is 0.702. The van der Waals surface area contributed by atoms with Crippen molar-refractivity contribution in [3.05, 3.63) is 76.7 Å². The third-order valence-electron chi connectivity index (χ3n) is 5.63. The van der Waals surface area contributed by atoms with Crippen molar-refractivity contribution in [3.63, 3.8) is 0 Å². The summed E-state index contributed by atoms with van der Waals surface area (Å²) in [6.07, 6.45) is 15.7. The lowest BCUT2D eigenvalue weighted by Gasteiger charge is -2.22. The zero-order valence-electron chi connectivity index (χ0n) is 16.8. The molecule has 3 rings (SSSR count). The van der Waals surface area contributed by atoms with Gasteiger partial charge in [-0.15, -0.1) is 0 Å². The van der Waals surface area contributed by atoms with Gasteiger partial charge in [-0.1, -0.05) is 99.3 Å². The molecule has 1 unspecified atom stereocenters. The smallest absolute Gasteiger partial charge is 0.0118 e. The topological polar surface area (TPSA) is 0 Å². The van der Waals surface area contributed by atoms with E-state index in [1.807, 2.05) is 11.8 Å². The van der Waals surface area contributed by atoms with E-state index >= 15 is 0 Å². The Morgan fingerprint density at radius 1 is 0.852 bits per heavy atom. The van der Waals surface area contributed by atoms with Crippen molar-refractivity contribution in [2.75, 3.05) is 0 Å². The number of rotatable bonds is 10. The van der Waals surface area contributed by atoms with Gasteiger partial charge in [0.15, 0.2) is 0 Å². The summed E-state index contributed by atoms with van der Waals surface area (Å²) in [6, 6.07) is 20.3. The Hall–Kier alpha value is -1.47. The van der Waals surface area contributed by atoms with E-state index in [0.29, 0.717) is 5.92 Å². The van der Waals surface area contributed by atoms with Gasteiger partial charge in [-0.25, -0.2) is 0 Å². The summed E-state index contributed by atoms with van der Waals surface area (Å²) in [5, 5.41) is 0. The number of hydrogen-bond acceptors (Lipinski definition) is 1. The molecule has 0 aromatic heterocycles. The summed E-state index contributed by atoms with van der Waals surface area (Å²) < 4.78 is 0. The van der Waals surface area contributed by atoms with Crippen LogP contribution in [0.2, 0.25) is 0 Å². The van der Waals surface area contributed by atoms with Crippen LogP contribution in [0.3, 0.4) is 0 Å². The molecule has 0 radical (unpaired) electrons. The van der Waals surface area contributed by atoms with E-state index in [1.54, 1.807) is 0 Å². The Bertz CT molecular complexity index is 684. The van der Waals surface area contributed by atoms with Crippen LogP contribution in [0.5, 0.6) is 0 Å². The SMILES string of the molecule is CCCCCCCCc1ccc(C2CC=C(Sc3ccccc3)CC2)cc1. The van der Waals surface area contributed by atoms with Gasteiger partial charge in [0.05, 0.1) is 0 Å². The molecule has 0 bridgehead atoms. The number of hydrogen-bond donors (Lipinski definition) is 0. The van der Waals surface area contributed by atoms with Crippen molar-refractivity contribution in [3.8, 4) is 0 Å². The van der Waals surface area contributed by atoms with Crippen molar-refractivity contribution in [2.24, 2.45) is 0 Å². The molecule has 0 saturated carbocycles. The van der Waals surface area contributed by atoms with Gasteiger partial charge >= 0.3 is 0 Å². The van der Waals surface area contributed by atoms with Crippen molar-refractivity contribution in [2.45, 2.75) is 81.9 Å². The van der Waals surface area contributed by atoms with E-state index in [1.165, 1.54) is 85.1 Å². The predicted octanol–water partition coefficient (Wildman–Crippen LogP) is 8.53. The van der Waals surface area contributed by atoms with E-state index in [9.17, 15) is 0 Å². The highest BCUT2D eigenvalue weighted by Gasteiger charge is 2.16. The lowest BCUT2D eigenvalue weighted by Crippen LogP contribution is -2.03. The van der Waals surface area contributed by atoms with Crippen molar-refractivity contribution >= 4 is 11.8 Å².